The number of carbonyl (C=O) groups is 6. The molecule has 0 saturated carbocycles. The van der Waals surface area contributed by atoms with Gasteiger partial charge in [-0.15, -0.1) is 0 Å². The summed E-state index contributed by atoms with van der Waals surface area (Å²) < 4.78 is 49.1. The lowest BCUT2D eigenvalue weighted by Gasteiger charge is -2.06. The maximum Gasteiger partial charge on any atom is 0.306 e. The molecule has 0 amide bonds. The van der Waals surface area contributed by atoms with Crippen LogP contribution in [0.15, 0.2) is 110 Å². The van der Waals surface area contributed by atoms with Crippen molar-refractivity contribution < 1.29 is 71.8 Å². The third-order valence-electron chi connectivity index (χ3n) is 9.16. The van der Waals surface area contributed by atoms with Crippen LogP contribution >= 0.6 is 0 Å². The van der Waals surface area contributed by atoms with E-state index in [4.69, 9.17) is 14.6 Å². The van der Waals surface area contributed by atoms with Crippen LogP contribution in [-0.2, 0) is 23.9 Å². The molecule has 3 aromatic carbocycles. The van der Waals surface area contributed by atoms with Gasteiger partial charge in [0, 0.05) is 54.5 Å². The second kappa shape index (κ2) is 25.3. The van der Waals surface area contributed by atoms with Crippen LogP contribution < -0.4 is 0 Å². The highest BCUT2D eigenvalue weighted by Gasteiger charge is 2.19. The molecule has 67 heavy (non-hydrogen) atoms. The lowest BCUT2D eigenvalue weighted by atomic mass is 10.1. The molecule has 18 heteroatoms. The number of carboxylic acid groups (broad SMARTS) is 1. The molecule has 6 aromatic rings. The van der Waals surface area contributed by atoms with E-state index in [9.17, 15) is 57.3 Å². The van der Waals surface area contributed by atoms with Crippen LogP contribution in [0.1, 0.15) is 83.8 Å². The summed E-state index contributed by atoms with van der Waals surface area (Å²) in [6.07, 6.45) is 3.19. The zero-order chi connectivity index (χ0) is 49.0. The minimum atomic E-state index is -1.10. The van der Waals surface area contributed by atoms with Crippen LogP contribution in [0.2, 0.25) is 0 Å². The first-order chi connectivity index (χ1) is 32.0. The molecular formula is C49H44F3N3O12. The standard InChI is InChI=1S/2C17H16FNO4.C15H12FNO4/c2*1-2-23-16(22)7-6-14(20)17-15(21)9-12(10-19-17)11-4-3-5-13(18)8-11;16-11-3-1-2-9(6-11)10-7-13(19)15(17-8-10)12(18)4-5-14(20)21/h2*3-5,8-10,21H,2,6-7H2,1H3;1-3,6-8,19H,4-5H2,(H,20,21). The summed E-state index contributed by atoms with van der Waals surface area (Å²) in [6.45, 7) is 3.86. The summed E-state index contributed by atoms with van der Waals surface area (Å²) in [4.78, 5) is 80.3. The van der Waals surface area contributed by atoms with E-state index in [2.05, 4.69) is 15.0 Å². The minimum Gasteiger partial charge on any atom is -0.506 e. The number of hydrogen-bond acceptors (Lipinski definition) is 14. The number of carbonyl (C=O) groups excluding carboxylic acids is 5. The molecule has 0 aliphatic heterocycles. The highest BCUT2D eigenvalue weighted by Crippen LogP contribution is 2.29. The van der Waals surface area contributed by atoms with Gasteiger partial charge in [0.25, 0.3) is 0 Å². The van der Waals surface area contributed by atoms with Crippen molar-refractivity contribution in [1.29, 1.82) is 0 Å². The van der Waals surface area contributed by atoms with Gasteiger partial charge < -0.3 is 29.9 Å². The van der Waals surface area contributed by atoms with E-state index in [1.165, 1.54) is 79.3 Å². The van der Waals surface area contributed by atoms with E-state index >= 15 is 0 Å². The molecule has 3 aromatic heterocycles. The van der Waals surface area contributed by atoms with Crippen molar-refractivity contribution in [3.63, 3.8) is 0 Å². The first-order valence-electron chi connectivity index (χ1n) is 20.5. The van der Waals surface area contributed by atoms with Crippen LogP contribution in [0.4, 0.5) is 13.2 Å². The van der Waals surface area contributed by atoms with Crippen molar-refractivity contribution in [1.82, 2.24) is 15.0 Å². The molecule has 6 rings (SSSR count). The lowest BCUT2D eigenvalue weighted by Crippen LogP contribution is -2.09. The number of benzene rings is 3. The predicted octanol–water partition coefficient (Wildman–Crippen LogP) is 8.88. The molecule has 0 radical (unpaired) electrons. The fourth-order valence-electron chi connectivity index (χ4n) is 5.95. The van der Waals surface area contributed by atoms with Crippen LogP contribution in [-0.4, -0.2) is 83.8 Å². The SMILES string of the molecule is CCOC(=O)CCC(=O)c1ncc(-c2cccc(F)c2)cc1O.CCOC(=O)CCC(=O)c1ncc(-c2cccc(F)c2)cc1O.O=C(O)CCC(=O)c1ncc(-c2cccc(F)c2)cc1O. The Bertz CT molecular complexity index is 2620. The van der Waals surface area contributed by atoms with Crippen molar-refractivity contribution in [2.24, 2.45) is 0 Å². The van der Waals surface area contributed by atoms with Crippen LogP contribution in [0.5, 0.6) is 17.2 Å². The van der Waals surface area contributed by atoms with Gasteiger partial charge in [-0.3, -0.25) is 28.8 Å². The van der Waals surface area contributed by atoms with Crippen LogP contribution in [0, 0.1) is 17.5 Å². The maximum absolute atomic E-state index is 13.2. The fourth-order valence-corrected chi connectivity index (χ4v) is 5.95. The molecule has 348 valence electrons. The number of ketones is 3. The van der Waals surface area contributed by atoms with Gasteiger partial charge in [-0.25, -0.2) is 28.1 Å². The first-order valence-corrected chi connectivity index (χ1v) is 20.5. The number of carboxylic acids is 1. The van der Waals surface area contributed by atoms with Gasteiger partial charge in [0.2, 0.25) is 0 Å². The molecule has 0 spiro atoms. The van der Waals surface area contributed by atoms with Crippen molar-refractivity contribution in [2.75, 3.05) is 13.2 Å². The third-order valence-corrected chi connectivity index (χ3v) is 9.16. The van der Waals surface area contributed by atoms with Gasteiger partial charge in [-0.1, -0.05) is 36.4 Å². The van der Waals surface area contributed by atoms with Crippen molar-refractivity contribution >= 4 is 35.3 Å². The Morgan fingerprint density at radius 1 is 0.448 bits per heavy atom. The number of hydrogen-bond donors (Lipinski definition) is 4. The smallest absolute Gasteiger partial charge is 0.306 e. The highest BCUT2D eigenvalue weighted by atomic mass is 19.1. The number of esters is 2. The number of aromatic nitrogens is 3. The number of ether oxygens (including phenoxy) is 2. The van der Waals surface area contributed by atoms with Crippen molar-refractivity contribution in [3.05, 3.63) is 144 Å². The zero-order valence-electron chi connectivity index (χ0n) is 36.1. The van der Waals surface area contributed by atoms with Gasteiger partial charge in [-0.2, -0.15) is 0 Å². The molecule has 0 unspecified atom stereocenters. The summed E-state index contributed by atoms with van der Waals surface area (Å²) in [5.41, 5.74) is 2.62. The van der Waals surface area contributed by atoms with Crippen molar-refractivity contribution in [2.45, 2.75) is 52.4 Å². The van der Waals surface area contributed by atoms with Gasteiger partial charge in [-0.05, 0) is 85.1 Å². The van der Waals surface area contributed by atoms with Gasteiger partial charge >= 0.3 is 17.9 Å². The number of Topliss-reactive ketones (excluding diaryl/α,β-unsaturated/α-hetero) is 3. The van der Waals surface area contributed by atoms with Crippen molar-refractivity contribution in [3.8, 4) is 50.6 Å². The summed E-state index contributed by atoms with van der Waals surface area (Å²) >= 11 is 0. The molecule has 4 N–H and O–H groups in total. The quantitative estimate of drug-likeness (QED) is 0.0493. The summed E-state index contributed by atoms with van der Waals surface area (Å²) in [5.74, 6) is -5.72. The highest BCUT2D eigenvalue weighted by molar-refractivity contribution is 6.00. The normalized spacial score (nSPS) is 10.3. The fraction of sp³-hybridized carbons (Fsp3) is 0.204. The molecule has 0 aliphatic rings. The van der Waals surface area contributed by atoms with Gasteiger partial charge in [0.1, 0.15) is 51.8 Å². The summed E-state index contributed by atoms with van der Waals surface area (Å²) in [6, 6.07) is 21.4. The predicted molar refractivity (Wildman–Crippen MR) is 235 cm³/mol. The Balaban J connectivity index is 0.000000220. The summed E-state index contributed by atoms with van der Waals surface area (Å²) in [5, 5.41) is 38.3. The van der Waals surface area contributed by atoms with E-state index in [0.717, 1.165) is 0 Å². The van der Waals surface area contributed by atoms with Crippen LogP contribution in [0.3, 0.4) is 0 Å². The van der Waals surface area contributed by atoms with Gasteiger partial charge in [0.05, 0.1) is 32.5 Å². The molecule has 15 nitrogen and oxygen atoms in total. The topological polar surface area (TPSA) is 240 Å². The molecule has 0 atom stereocenters. The molecule has 0 fully saturated rings. The Hall–Kier alpha value is -8.28. The number of halogens is 3. The second-order valence-corrected chi connectivity index (χ2v) is 14.1. The van der Waals surface area contributed by atoms with E-state index in [1.54, 1.807) is 44.2 Å². The molecule has 0 saturated heterocycles. The monoisotopic (exact) mass is 923 g/mol. The first kappa shape index (κ1) is 51.4. The van der Waals surface area contributed by atoms with E-state index in [0.29, 0.717) is 33.4 Å². The largest absolute Gasteiger partial charge is 0.506 e. The van der Waals surface area contributed by atoms with Crippen LogP contribution in [0.25, 0.3) is 33.4 Å². The van der Waals surface area contributed by atoms with E-state index < -0.39 is 52.7 Å². The number of aliphatic carboxylic acids is 1. The molecular weight excluding hydrogens is 880 g/mol. The van der Waals surface area contributed by atoms with Gasteiger partial charge in [0.15, 0.2) is 17.3 Å². The second-order valence-electron chi connectivity index (χ2n) is 14.1. The summed E-state index contributed by atoms with van der Waals surface area (Å²) in [7, 11) is 0. The van der Waals surface area contributed by atoms with E-state index in [-0.39, 0.29) is 86.1 Å². The molecule has 0 bridgehead atoms. The number of rotatable bonds is 17. The number of pyridine rings is 3. The minimum absolute atomic E-state index is 0.0700. The average molecular weight is 924 g/mol. The van der Waals surface area contributed by atoms with E-state index in [1.807, 2.05) is 0 Å². The maximum atomic E-state index is 13.2. The molecule has 3 heterocycles. The zero-order valence-corrected chi connectivity index (χ0v) is 36.1. The third kappa shape index (κ3) is 16.0. The Morgan fingerprint density at radius 3 is 1.00 bits per heavy atom. The Labute approximate surface area is 381 Å². The number of aromatic hydroxyl groups is 3. The Kier molecular flexibility index (Phi) is 19.4. The molecule has 0 aliphatic carbocycles. The average Bonchev–Trinajstić information content (AvgIpc) is 3.29. The Morgan fingerprint density at radius 2 is 0.746 bits per heavy atom. The number of nitrogens with zero attached hydrogens (tertiary/aromatic N) is 3. The lowest BCUT2D eigenvalue weighted by molar-refractivity contribution is -0.143.